The topological polar surface area (TPSA) is 59.6 Å². The van der Waals surface area contributed by atoms with Crippen LogP contribution in [0.1, 0.15) is 19.8 Å². The summed E-state index contributed by atoms with van der Waals surface area (Å²) in [5.41, 5.74) is 0.206. The van der Waals surface area contributed by atoms with Crippen LogP contribution in [-0.2, 0) is 9.53 Å². The van der Waals surface area contributed by atoms with Crippen molar-refractivity contribution < 1.29 is 14.3 Å². The van der Waals surface area contributed by atoms with E-state index in [1.807, 2.05) is 30.3 Å². The van der Waals surface area contributed by atoms with Gasteiger partial charge in [-0.3, -0.25) is 4.79 Å². The average molecular weight is 306 g/mol. The summed E-state index contributed by atoms with van der Waals surface area (Å²) in [5.74, 6) is 0.758. The first-order chi connectivity index (χ1) is 10.7. The van der Waals surface area contributed by atoms with Gasteiger partial charge in [0.1, 0.15) is 19.0 Å². The first kappa shape index (κ1) is 16.8. The number of hydrogen-bond acceptors (Lipinski definition) is 4. The van der Waals surface area contributed by atoms with E-state index >= 15 is 0 Å². The highest BCUT2D eigenvalue weighted by Gasteiger charge is 2.26. The number of hydrogen-bond donors (Lipinski definition) is 2. The third-order valence-corrected chi connectivity index (χ3v) is 4.00. The van der Waals surface area contributed by atoms with Crippen molar-refractivity contribution in [2.75, 3.05) is 39.5 Å². The molecule has 1 aromatic rings. The van der Waals surface area contributed by atoms with Crippen molar-refractivity contribution in [2.45, 2.75) is 19.8 Å². The molecule has 0 radical (unpaired) electrons. The highest BCUT2D eigenvalue weighted by molar-refractivity contribution is 5.77. The van der Waals surface area contributed by atoms with E-state index in [2.05, 4.69) is 17.6 Å². The van der Waals surface area contributed by atoms with E-state index in [1.165, 1.54) is 0 Å². The number of benzene rings is 1. The molecule has 1 aromatic carbocycles. The number of carbonyl (C=O) groups is 1. The maximum Gasteiger partial charge on any atom is 0.246 e. The molecule has 1 amide bonds. The number of ether oxygens (including phenoxy) is 2. The van der Waals surface area contributed by atoms with Gasteiger partial charge in [-0.2, -0.15) is 0 Å². The highest BCUT2D eigenvalue weighted by atomic mass is 16.5. The standard InChI is InChI=1S/C17H26N2O3/c1-17(7-9-18-10-8-17)14-19-16(20)13-21-11-12-22-15-5-3-2-4-6-15/h2-6,18H,7-14H2,1H3,(H,19,20). The van der Waals surface area contributed by atoms with Crippen LogP contribution in [0.15, 0.2) is 30.3 Å². The Bertz CT molecular complexity index is 444. The summed E-state index contributed by atoms with van der Waals surface area (Å²) in [6.45, 7) is 5.94. The van der Waals surface area contributed by atoms with Crippen LogP contribution in [0.5, 0.6) is 5.75 Å². The number of para-hydroxylation sites is 1. The Morgan fingerprint density at radius 3 is 2.68 bits per heavy atom. The Balaban J connectivity index is 1.52. The number of piperidine rings is 1. The summed E-state index contributed by atoms with van der Waals surface area (Å²) in [6.07, 6.45) is 2.19. The van der Waals surface area contributed by atoms with Crippen molar-refractivity contribution in [1.29, 1.82) is 0 Å². The van der Waals surface area contributed by atoms with Crippen LogP contribution in [0.25, 0.3) is 0 Å². The Morgan fingerprint density at radius 2 is 1.95 bits per heavy atom. The molecule has 22 heavy (non-hydrogen) atoms. The minimum Gasteiger partial charge on any atom is -0.491 e. The van der Waals surface area contributed by atoms with E-state index in [-0.39, 0.29) is 17.9 Å². The van der Waals surface area contributed by atoms with Gasteiger partial charge in [-0.15, -0.1) is 0 Å². The zero-order valence-corrected chi connectivity index (χ0v) is 13.3. The number of carbonyl (C=O) groups excluding carboxylic acids is 1. The van der Waals surface area contributed by atoms with Gasteiger partial charge in [-0.25, -0.2) is 0 Å². The molecule has 1 aliphatic heterocycles. The fourth-order valence-corrected chi connectivity index (χ4v) is 2.47. The molecule has 0 bridgehead atoms. The van der Waals surface area contributed by atoms with Crippen LogP contribution < -0.4 is 15.4 Å². The molecule has 1 heterocycles. The number of rotatable bonds is 8. The molecule has 122 valence electrons. The minimum atomic E-state index is -0.0560. The average Bonchev–Trinajstić information content (AvgIpc) is 2.54. The number of nitrogens with one attached hydrogen (secondary N) is 2. The molecule has 0 unspecified atom stereocenters. The van der Waals surface area contributed by atoms with Crippen LogP contribution in [0.3, 0.4) is 0 Å². The van der Waals surface area contributed by atoms with Crippen LogP contribution in [0.2, 0.25) is 0 Å². The molecule has 2 rings (SSSR count). The van der Waals surface area contributed by atoms with E-state index in [9.17, 15) is 4.79 Å². The smallest absolute Gasteiger partial charge is 0.246 e. The molecule has 0 aromatic heterocycles. The van der Waals surface area contributed by atoms with Gasteiger partial charge in [0.25, 0.3) is 0 Å². The molecule has 5 heteroatoms. The maximum absolute atomic E-state index is 11.8. The van der Waals surface area contributed by atoms with Crippen LogP contribution in [0.4, 0.5) is 0 Å². The molecule has 0 spiro atoms. The second kappa shape index (κ2) is 8.76. The second-order valence-electron chi connectivity index (χ2n) is 6.05. The van der Waals surface area contributed by atoms with E-state index < -0.39 is 0 Å². The zero-order valence-electron chi connectivity index (χ0n) is 13.3. The quantitative estimate of drug-likeness (QED) is 0.716. The van der Waals surface area contributed by atoms with Crippen LogP contribution in [0, 0.1) is 5.41 Å². The molecule has 0 aliphatic carbocycles. The summed E-state index contributed by atoms with van der Waals surface area (Å²) < 4.78 is 10.8. The van der Waals surface area contributed by atoms with E-state index in [0.29, 0.717) is 13.2 Å². The SMILES string of the molecule is CC1(CNC(=O)COCCOc2ccccc2)CCNCC1. The molecule has 0 atom stereocenters. The summed E-state index contributed by atoms with van der Waals surface area (Å²) in [5, 5.41) is 6.31. The van der Waals surface area contributed by atoms with Gasteiger partial charge in [0.15, 0.2) is 0 Å². The first-order valence-electron chi connectivity index (χ1n) is 7.91. The molecule has 0 saturated carbocycles. The molecular formula is C17H26N2O3. The van der Waals surface area contributed by atoms with E-state index in [4.69, 9.17) is 9.47 Å². The summed E-state index contributed by atoms with van der Waals surface area (Å²) in [7, 11) is 0. The fourth-order valence-electron chi connectivity index (χ4n) is 2.47. The van der Waals surface area contributed by atoms with Crippen molar-refractivity contribution in [1.82, 2.24) is 10.6 Å². The van der Waals surface area contributed by atoms with Crippen LogP contribution >= 0.6 is 0 Å². The Labute approximate surface area is 132 Å². The normalized spacial score (nSPS) is 17.0. The van der Waals surface area contributed by atoms with Crippen molar-refractivity contribution in [3.05, 3.63) is 30.3 Å². The van der Waals surface area contributed by atoms with Gasteiger partial charge in [0, 0.05) is 6.54 Å². The molecule has 2 N–H and O–H groups in total. The predicted molar refractivity (Wildman–Crippen MR) is 86.0 cm³/mol. The van der Waals surface area contributed by atoms with Crippen molar-refractivity contribution >= 4 is 5.91 Å². The van der Waals surface area contributed by atoms with E-state index in [1.54, 1.807) is 0 Å². The van der Waals surface area contributed by atoms with Gasteiger partial charge in [-0.05, 0) is 43.5 Å². The first-order valence-corrected chi connectivity index (χ1v) is 7.91. The van der Waals surface area contributed by atoms with Crippen LogP contribution in [-0.4, -0.2) is 45.4 Å². The number of amides is 1. The molecular weight excluding hydrogens is 280 g/mol. The molecule has 5 nitrogen and oxygen atoms in total. The Hall–Kier alpha value is -1.59. The molecule has 1 aliphatic rings. The lowest BCUT2D eigenvalue weighted by molar-refractivity contribution is -0.126. The van der Waals surface area contributed by atoms with Crippen molar-refractivity contribution in [3.8, 4) is 5.75 Å². The Morgan fingerprint density at radius 1 is 1.23 bits per heavy atom. The lowest BCUT2D eigenvalue weighted by Crippen LogP contribution is -2.43. The van der Waals surface area contributed by atoms with Gasteiger partial charge < -0.3 is 20.1 Å². The van der Waals surface area contributed by atoms with Gasteiger partial charge >= 0.3 is 0 Å². The third kappa shape index (κ3) is 6.03. The minimum absolute atomic E-state index is 0.0560. The molecule has 1 fully saturated rings. The summed E-state index contributed by atoms with van der Waals surface area (Å²) in [6, 6.07) is 9.57. The molecule has 1 saturated heterocycles. The van der Waals surface area contributed by atoms with E-state index in [0.717, 1.165) is 38.2 Å². The van der Waals surface area contributed by atoms with Gasteiger partial charge in [-0.1, -0.05) is 25.1 Å². The Kier molecular flexibility index (Phi) is 6.68. The summed E-state index contributed by atoms with van der Waals surface area (Å²) >= 11 is 0. The zero-order chi connectivity index (χ0) is 15.7. The van der Waals surface area contributed by atoms with Crippen molar-refractivity contribution in [3.63, 3.8) is 0 Å². The fraction of sp³-hybridized carbons (Fsp3) is 0.588. The second-order valence-corrected chi connectivity index (χ2v) is 6.05. The lowest BCUT2D eigenvalue weighted by atomic mass is 9.81. The van der Waals surface area contributed by atoms with Gasteiger partial charge in [0.2, 0.25) is 5.91 Å². The predicted octanol–water partition coefficient (Wildman–Crippen LogP) is 1.59. The van der Waals surface area contributed by atoms with Crippen molar-refractivity contribution in [2.24, 2.45) is 5.41 Å². The maximum atomic E-state index is 11.8. The lowest BCUT2D eigenvalue weighted by Gasteiger charge is -2.34. The highest BCUT2D eigenvalue weighted by Crippen LogP contribution is 2.26. The summed E-state index contributed by atoms with van der Waals surface area (Å²) in [4.78, 5) is 11.8. The van der Waals surface area contributed by atoms with Gasteiger partial charge in [0.05, 0.1) is 6.61 Å². The monoisotopic (exact) mass is 306 g/mol. The third-order valence-electron chi connectivity index (χ3n) is 4.00. The largest absolute Gasteiger partial charge is 0.491 e.